The Balaban J connectivity index is 1.65. The summed E-state index contributed by atoms with van der Waals surface area (Å²) >= 11 is 0. The fraction of sp³-hybridized carbons (Fsp3) is 0.692. The predicted molar refractivity (Wildman–Crippen MR) is 70.0 cm³/mol. The van der Waals surface area contributed by atoms with E-state index in [1.165, 1.54) is 0 Å². The molecule has 1 aliphatic heterocycles. The summed E-state index contributed by atoms with van der Waals surface area (Å²) in [6, 6.07) is 0.299. The lowest BCUT2D eigenvalue weighted by Crippen LogP contribution is -2.46. The van der Waals surface area contributed by atoms with Crippen molar-refractivity contribution in [3.8, 4) is 0 Å². The lowest BCUT2D eigenvalue weighted by atomic mass is 9.91. The minimum absolute atomic E-state index is 0.131. The molecule has 2 rings (SSSR count). The second-order valence-corrected chi connectivity index (χ2v) is 4.94. The van der Waals surface area contributed by atoms with Gasteiger partial charge in [-0.05, 0) is 32.7 Å². The van der Waals surface area contributed by atoms with Crippen LogP contribution in [-0.4, -0.2) is 34.6 Å². The molecular formula is C13H22N4O. The Bertz CT molecular complexity index is 363. The third kappa shape index (κ3) is 3.57. The average Bonchev–Trinajstić information content (AvgIpc) is 2.88. The van der Waals surface area contributed by atoms with Gasteiger partial charge in [0, 0.05) is 31.5 Å². The smallest absolute Gasteiger partial charge is 0.224 e. The highest BCUT2D eigenvalue weighted by molar-refractivity contribution is 5.79. The topological polar surface area (TPSA) is 59.0 Å². The highest BCUT2D eigenvalue weighted by Gasteiger charge is 2.26. The van der Waals surface area contributed by atoms with Gasteiger partial charge in [0.2, 0.25) is 5.91 Å². The second-order valence-electron chi connectivity index (χ2n) is 4.94. The lowest BCUT2D eigenvalue weighted by Gasteiger charge is -2.28. The minimum atomic E-state index is 0.131. The van der Waals surface area contributed by atoms with E-state index in [0.717, 1.165) is 38.9 Å². The van der Waals surface area contributed by atoms with Crippen molar-refractivity contribution in [2.24, 2.45) is 5.92 Å². The van der Waals surface area contributed by atoms with Gasteiger partial charge in [-0.25, -0.2) is 4.98 Å². The molecule has 1 fully saturated rings. The van der Waals surface area contributed by atoms with Crippen molar-refractivity contribution >= 4 is 5.91 Å². The molecule has 2 atom stereocenters. The van der Waals surface area contributed by atoms with E-state index in [1.54, 1.807) is 12.5 Å². The Morgan fingerprint density at radius 2 is 2.50 bits per heavy atom. The predicted octanol–water partition coefficient (Wildman–Crippen LogP) is 0.777. The van der Waals surface area contributed by atoms with E-state index in [0.29, 0.717) is 6.04 Å². The number of nitrogens with one attached hydrogen (secondary N) is 2. The first-order chi connectivity index (χ1) is 8.77. The molecule has 1 aliphatic rings. The molecular weight excluding hydrogens is 228 g/mol. The van der Waals surface area contributed by atoms with Gasteiger partial charge in [-0.3, -0.25) is 4.79 Å². The fourth-order valence-corrected chi connectivity index (χ4v) is 2.43. The molecule has 1 aromatic rings. The quantitative estimate of drug-likeness (QED) is 0.759. The first-order valence-electron chi connectivity index (χ1n) is 6.74. The van der Waals surface area contributed by atoms with Crippen molar-refractivity contribution in [3.05, 3.63) is 18.7 Å². The molecule has 2 heterocycles. The molecule has 0 spiro atoms. The maximum Gasteiger partial charge on any atom is 0.224 e. The summed E-state index contributed by atoms with van der Waals surface area (Å²) in [7, 11) is 0. The molecule has 5 nitrogen and oxygen atoms in total. The first kappa shape index (κ1) is 13.1. The number of nitrogens with zero attached hydrogens (tertiary/aromatic N) is 2. The number of hydrogen-bond acceptors (Lipinski definition) is 3. The summed E-state index contributed by atoms with van der Waals surface area (Å²) in [5.41, 5.74) is 0. The third-order valence-electron chi connectivity index (χ3n) is 3.55. The number of amides is 1. The van der Waals surface area contributed by atoms with E-state index in [2.05, 4.69) is 22.5 Å². The van der Waals surface area contributed by atoms with Crippen LogP contribution in [0, 0.1) is 5.92 Å². The number of carbonyl (C=O) groups excluding carboxylic acids is 1. The van der Waals surface area contributed by atoms with Gasteiger partial charge in [-0.15, -0.1) is 0 Å². The summed E-state index contributed by atoms with van der Waals surface area (Å²) < 4.78 is 2.02. The largest absolute Gasteiger partial charge is 0.356 e. The van der Waals surface area contributed by atoms with Crippen molar-refractivity contribution in [1.29, 1.82) is 0 Å². The molecule has 0 saturated carbocycles. The lowest BCUT2D eigenvalue weighted by molar-refractivity contribution is -0.126. The Hall–Kier alpha value is -1.36. The molecule has 0 bridgehead atoms. The summed E-state index contributed by atoms with van der Waals surface area (Å²) in [6.45, 7) is 4.76. The molecule has 0 radical (unpaired) electrons. The monoisotopic (exact) mass is 250 g/mol. The summed E-state index contributed by atoms with van der Waals surface area (Å²) in [5, 5.41) is 6.39. The summed E-state index contributed by atoms with van der Waals surface area (Å²) in [4.78, 5) is 16.0. The highest BCUT2D eigenvalue weighted by Crippen LogP contribution is 2.16. The Labute approximate surface area is 108 Å². The van der Waals surface area contributed by atoms with E-state index in [1.807, 2.05) is 10.8 Å². The number of aryl methyl sites for hydroxylation is 1. The van der Waals surface area contributed by atoms with Crippen LogP contribution in [0.5, 0.6) is 0 Å². The molecule has 0 aromatic carbocycles. The zero-order valence-electron chi connectivity index (χ0n) is 10.9. The van der Waals surface area contributed by atoms with Gasteiger partial charge in [0.15, 0.2) is 0 Å². The normalized spacial score (nSPS) is 23.8. The van der Waals surface area contributed by atoms with Crippen molar-refractivity contribution in [2.45, 2.75) is 38.8 Å². The van der Waals surface area contributed by atoms with Crippen LogP contribution in [0.2, 0.25) is 0 Å². The molecule has 1 amide bonds. The Morgan fingerprint density at radius 3 is 3.22 bits per heavy atom. The maximum atomic E-state index is 12.0. The van der Waals surface area contributed by atoms with Crippen LogP contribution in [0.1, 0.15) is 26.2 Å². The van der Waals surface area contributed by atoms with Gasteiger partial charge in [-0.1, -0.05) is 0 Å². The molecule has 2 unspecified atom stereocenters. The number of aromatic nitrogens is 2. The average molecular weight is 250 g/mol. The van der Waals surface area contributed by atoms with Crippen molar-refractivity contribution in [1.82, 2.24) is 20.2 Å². The maximum absolute atomic E-state index is 12.0. The van der Waals surface area contributed by atoms with Gasteiger partial charge in [-0.2, -0.15) is 0 Å². The Kier molecular flexibility index (Phi) is 4.75. The van der Waals surface area contributed by atoms with Gasteiger partial charge < -0.3 is 15.2 Å². The van der Waals surface area contributed by atoms with Gasteiger partial charge in [0.1, 0.15) is 0 Å². The summed E-state index contributed by atoms with van der Waals surface area (Å²) in [5.74, 6) is 0.326. The van der Waals surface area contributed by atoms with Gasteiger partial charge in [0.25, 0.3) is 0 Å². The number of imidazole rings is 1. The van der Waals surface area contributed by atoms with Crippen molar-refractivity contribution in [3.63, 3.8) is 0 Å². The van der Waals surface area contributed by atoms with Crippen molar-refractivity contribution in [2.75, 3.05) is 13.1 Å². The van der Waals surface area contributed by atoms with Crippen LogP contribution in [0.4, 0.5) is 0 Å². The molecule has 0 aliphatic carbocycles. The second kappa shape index (κ2) is 6.54. The third-order valence-corrected chi connectivity index (χ3v) is 3.55. The van der Waals surface area contributed by atoms with Crippen LogP contribution >= 0.6 is 0 Å². The number of hydrogen-bond donors (Lipinski definition) is 2. The Morgan fingerprint density at radius 1 is 1.61 bits per heavy atom. The summed E-state index contributed by atoms with van der Waals surface area (Å²) in [6.07, 6.45) is 8.55. The van der Waals surface area contributed by atoms with Crippen molar-refractivity contribution < 1.29 is 4.79 Å². The molecule has 1 aromatic heterocycles. The van der Waals surface area contributed by atoms with Gasteiger partial charge >= 0.3 is 0 Å². The number of rotatable bonds is 5. The SMILES string of the molecule is CC1NCCCC1C(=O)NCCCn1ccnc1. The molecule has 18 heavy (non-hydrogen) atoms. The van der Waals surface area contributed by atoms with Crippen LogP contribution in [0.3, 0.4) is 0 Å². The van der Waals surface area contributed by atoms with Crippen LogP contribution in [0.25, 0.3) is 0 Å². The number of carbonyl (C=O) groups is 1. The van der Waals surface area contributed by atoms with E-state index >= 15 is 0 Å². The van der Waals surface area contributed by atoms with E-state index in [4.69, 9.17) is 0 Å². The highest BCUT2D eigenvalue weighted by atomic mass is 16.1. The first-order valence-corrected chi connectivity index (χ1v) is 6.74. The molecule has 100 valence electrons. The minimum Gasteiger partial charge on any atom is -0.356 e. The zero-order chi connectivity index (χ0) is 12.8. The van der Waals surface area contributed by atoms with E-state index < -0.39 is 0 Å². The van der Waals surface area contributed by atoms with E-state index in [9.17, 15) is 4.79 Å². The molecule has 5 heteroatoms. The molecule has 1 saturated heterocycles. The van der Waals surface area contributed by atoms with E-state index in [-0.39, 0.29) is 11.8 Å². The van der Waals surface area contributed by atoms with Crippen LogP contribution in [-0.2, 0) is 11.3 Å². The zero-order valence-corrected chi connectivity index (χ0v) is 10.9. The van der Waals surface area contributed by atoms with Crippen LogP contribution < -0.4 is 10.6 Å². The molecule has 2 N–H and O–H groups in total. The standard InChI is InChI=1S/C13H22N4O/c1-11-12(4-2-5-15-11)13(18)16-6-3-8-17-9-7-14-10-17/h7,9-12,15H,2-6,8H2,1H3,(H,16,18). The fourth-order valence-electron chi connectivity index (χ4n) is 2.43. The number of piperidine rings is 1. The van der Waals surface area contributed by atoms with Crippen LogP contribution in [0.15, 0.2) is 18.7 Å². The van der Waals surface area contributed by atoms with Gasteiger partial charge in [0.05, 0.1) is 12.2 Å².